The van der Waals surface area contributed by atoms with Gasteiger partial charge in [-0.2, -0.15) is 0 Å². The van der Waals surface area contributed by atoms with Crippen LogP contribution in [0.1, 0.15) is 21.7 Å². The monoisotopic (exact) mass is 375 g/mol. The highest BCUT2D eigenvalue weighted by Gasteiger charge is 2.20. The number of nitrogens with one attached hydrogen (secondary N) is 1. The highest BCUT2D eigenvalue weighted by Crippen LogP contribution is 2.35. The number of hydrogen-bond donors (Lipinski definition) is 1. The number of halogens is 1. The summed E-state index contributed by atoms with van der Waals surface area (Å²) in [6.45, 7) is 2.47. The fourth-order valence-electron chi connectivity index (χ4n) is 3.10. The maximum absolute atomic E-state index is 12.8. The summed E-state index contributed by atoms with van der Waals surface area (Å²) in [4.78, 5) is 12.8. The average molecular weight is 376 g/mol. The van der Waals surface area contributed by atoms with Crippen LogP contribution in [-0.4, -0.2) is 5.91 Å². The Balaban J connectivity index is 1.72. The van der Waals surface area contributed by atoms with Crippen LogP contribution in [0.15, 0.2) is 77.2 Å². The summed E-state index contributed by atoms with van der Waals surface area (Å²) >= 11 is 6.00. The summed E-state index contributed by atoms with van der Waals surface area (Å²) in [6, 6.07) is 23.2. The van der Waals surface area contributed by atoms with Crippen molar-refractivity contribution in [2.45, 2.75) is 13.5 Å². The van der Waals surface area contributed by atoms with Gasteiger partial charge in [-0.25, -0.2) is 0 Å². The molecule has 0 atom stereocenters. The number of carbonyl (C=O) groups is 1. The Morgan fingerprint density at radius 3 is 2.44 bits per heavy atom. The summed E-state index contributed by atoms with van der Waals surface area (Å²) < 4.78 is 6.04. The van der Waals surface area contributed by atoms with Crippen molar-refractivity contribution < 1.29 is 9.21 Å². The van der Waals surface area contributed by atoms with Crippen LogP contribution in [0.3, 0.4) is 0 Å². The quantitative estimate of drug-likeness (QED) is 0.476. The number of benzene rings is 3. The van der Waals surface area contributed by atoms with Gasteiger partial charge in [-0.15, -0.1) is 0 Å². The largest absolute Gasteiger partial charge is 0.450 e. The Hall–Kier alpha value is -3.04. The van der Waals surface area contributed by atoms with Crippen molar-refractivity contribution in [3.63, 3.8) is 0 Å². The van der Waals surface area contributed by atoms with Gasteiger partial charge < -0.3 is 9.73 Å². The topological polar surface area (TPSA) is 42.2 Å². The van der Waals surface area contributed by atoms with Gasteiger partial charge in [0.1, 0.15) is 5.76 Å². The Bertz CT molecular complexity index is 1100. The standard InChI is InChI=1S/C23H18ClNO2/c1-15-7-12-19-20(13-15)21(17-8-10-18(24)11-9-17)27-22(19)23(26)25-14-16-5-3-2-4-6-16/h2-13H,14H2,1H3,(H,25,26). The number of hydrogen-bond acceptors (Lipinski definition) is 2. The van der Waals surface area contributed by atoms with Crippen LogP contribution < -0.4 is 5.32 Å². The highest BCUT2D eigenvalue weighted by atomic mass is 35.5. The molecule has 1 amide bonds. The molecule has 1 aromatic heterocycles. The van der Waals surface area contributed by atoms with E-state index in [0.717, 1.165) is 27.5 Å². The summed E-state index contributed by atoms with van der Waals surface area (Å²) in [5, 5.41) is 5.32. The van der Waals surface area contributed by atoms with Gasteiger partial charge in [-0.3, -0.25) is 4.79 Å². The minimum atomic E-state index is -0.229. The molecule has 0 aliphatic heterocycles. The Labute approximate surface area is 162 Å². The fourth-order valence-corrected chi connectivity index (χ4v) is 3.22. The second-order valence-electron chi connectivity index (χ2n) is 6.48. The lowest BCUT2D eigenvalue weighted by molar-refractivity contribution is 0.0926. The van der Waals surface area contributed by atoms with Gasteiger partial charge in [0.05, 0.1) is 0 Å². The van der Waals surface area contributed by atoms with Gasteiger partial charge in [0, 0.05) is 27.9 Å². The van der Waals surface area contributed by atoms with Crippen LogP contribution in [-0.2, 0) is 6.54 Å². The van der Waals surface area contributed by atoms with E-state index in [1.54, 1.807) is 0 Å². The molecule has 134 valence electrons. The summed E-state index contributed by atoms with van der Waals surface area (Å²) in [6.07, 6.45) is 0. The number of amides is 1. The van der Waals surface area contributed by atoms with E-state index in [1.807, 2.05) is 79.7 Å². The molecule has 1 N–H and O–H groups in total. The van der Waals surface area contributed by atoms with Crippen molar-refractivity contribution in [1.82, 2.24) is 5.32 Å². The number of rotatable bonds is 4. The molecule has 4 aromatic rings. The SMILES string of the molecule is Cc1ccc2c(C(=O)NCc3ccccc3)oc(-c3ccc(Cl)cc3)c2c1. The van der Waals surface area contributed by atoms with Gasteiger partial charge in [0.25, 0.3) is 5.91 Å². The molecular formula is C23H18ClNO2. The lowest BCUT2D eigenvalue weighted by Gasteiger charge is -2.03. The van der Waals surface area contributed by atoms with E-state index < -0.39 is 0 Å². The smallest absolute Gasteiger partial charge is 0.287 e. The first-order valence-electron chi connectivity index (χ1n) is 8.73. The molecule has 0 spiro atoms. The van der Waals surface area contributed by atoms with Crippen molar-refractivity contribution >= 4 is 28.3 Å². The maximum atomic E-state index is 12.8. The molecule has 0 unspecified atom stereocenters. The number of fused-ring (bicyclic) bond motifs is 1. The second-order valence-corrected chi connectivity index (χ2v) is 6.92. The van der Waals surface area contributed by atoms with E-state index in [0.29, 0.717) is 23.1 Å². The first-order chi connectivity index (χ1) is 13.1. The van der Waals surface area contributed by atoms with E-state index in [1.165, 1.54) is 0 Å². The maximum Gasteiger partial charge on any atom is 0.287 e. The molecule has 0 aliphatic rings. The molecular weight excluding hydrogens is 358 g/mol. The predicted molar refractivity (Wildman–Crippen MR) is 109 cm³/mol. The minimum absolute atomic E-state index is 0.229. The highest BCUT2D eigenvalue weighted by molar-refractivity contribution is 6.30. The van der Waals surface area contributed by atoms with E-state index in [4.69, 9.17) is 16.0 Å². The zero-order chi connectivity index (χ0) is 18.8. The van der Waals surface area contributed by atoms with Gasteiger partial charge in [0.15, 0.2) is 5.76 Å². The lowest BCUT2D eigenvalue weighted by Crippen LogP contribution is -2.22. The molecule has 4 heteroatoms. The van der Waals surface area contributed by atoms with Crippen LogP contribution in [0, 0.1) is 6.92 Å². The van der Waals surface area contributed by atoms with Crippen molar-refractivity contribution in [3.8, 4) is 11.3 Å². The third-order valence-corrected chi connectivity index (χ3v) is 4.73. The fraction of sp³-hybridized carbons (Fsp3) is 0.0870. The molecule has 0 saturated heterocycles. The van der Waals surface area contributed by atoms with Crippen LogP contribution in [0.2, 0.25) is 5.02 Å². The molecule has 0 radical (unpaired) electrons. The molecule has 0 saturated carbocycles. The van der Waals surface area contributed by atoms with Crippen LogP contribution in [0.5, 0.6) is 0 Å². The lowest BCUT2D eigenvalue weighted by atomic mass is 10.0. The second kappa shape index (κ2) is 7.29. The van der Waals surface area contributed by atoms with Crippen LogP contribution in [0.4, 0.5) is 0 Å². The molecule has 1 heterocycles. The van der Waals surface area contributed by atoms with E-state index >= 15 is 0 Å². The van der Waals surface area contributed by atoms with Crippen molar-refractivity contribution in [3.05, 3.63) is 94.7 Å². The number of furan rings is 1. The number of aryl methyl sites for hydroxylation is 1. The van der Waals surface area contributed by atoms with Gasteiger partial charge in [-0.05, 0) is 42.8 Å². The molecule has 0 fully saturated rings. The molecule has 0 bridgehead atoms. The van der Waals surface area contributed by atoms with E-state index in [9.17, 15) is 4.79 Å². The molecule has 3 aromatic carbocycles. The van der Waals surface area contributed by atoms with E-state index in [-0.39, 0.29) is 5.91 Å². The Morgan fingerprint density at radius 1 is 0.963 bits per heavy atom. The predicted octanol–water partition coefficient (Wildman–Crippen LogP) is 5.99. The summed E-state index contributed by atoms with van der Waals surface area (Å²) in [7, 11) is 0. The van der Waals surface area contributed by atoms with Gasteiger partial charge in [0.2, 0.25) is 0 Å². The third-order valence-electron chi connectivity index (χ3n) is 4.48. The molecule has 4 rings (SSSR count). The zero-order valence-corrected chi connectivity index (χ0v) is 15.6. The first-order valence-corrected chi connectivity index (χ1v) is 9.11. The molecule has 3 nitrogen and oxygen atoms in total. The normalized spacial score (nSPS) is 10.9. The minimum Gasteiger partial charge on any atom is -0.450 e. The Morgan fingerprint density at radius 2 is 1.70 bits per heavy atom. The molecule has 27 heavy (non-hydrogen) atoms. The number of carbonyl (C=O) groups excluding carboxylic acids is 1. The van der Waals surface area contributed by atoms with Crippen molar-refractivity contribution in [2.24, 2.45) is 0 Å². The van der Waals surface area contributed by atoms with E-state index in [2.05, 4.69) is 5.32 Å². The third kappa shape index (κ3) is 3.60. The summed E-state index contributed by atoms with van der Waals surface area (Å²) in [5.74, 6) is 0.772. The summed E-state index contributed by atoms with van der Waals surface area (Å²) in [5.41, 5.74) is 3.03. The van der Waals surface area contributed by atoms with Gasteiger partial charge >= 0.3 is 0 Å². The first kappa shape index (κ1) is 17.4. The van der Waals surface area contributed by atoms with Gasteiger partial charge in [-0.1, -0.05) is 59.6 Å². The average Bonchev–Trinajstić information content (AvgIpc) is 3.06. The van der Waals surface area contributed by atoms with Crippen molar-refractivity contribution in [2.75, 3.05) is 0 Å². The molecule has 0 aliphatic carbocycles. The zero-order valence-electron chi connectivity index (χ0n) is 14.8. The van der Waals surface area contributed by atoms with Crippen molar-refractivity contribution in [1.29, 1.82) is 0 Å². The van der Waals surface area contributed by atoms with Crippen LogP contribution in [0.25, 0.3) is 22.1 Å². The Kier molecular flexibility index (Phi) is 4.69. The van der Waals surface area contributed by atoms with Crippen LogP contribution >= 0.6 is 11.6 Å².